The Hall–Kier alpha value is -2.30. The number of nitrogens with one attached hydrogen (secondary N) is 1. The van der Waals surface area contributed by atoms with Crippen LogP contribution in [-0.2, 0) is 0 Å². The number of aromatic nitrogens is 2. The van der Waals surface area contributed by atoms with Crippen LogP contribution in [0.15, 0.2) is 35.4 Å². The van der Waals surface area contributed by atoms with Crippen molar-refractivity contribution in [2.45, 2.75) is 6.92 Å². The van der Waals surface area contributed by atoms with Crippen LogP contribution in [0.2, 0.25) is 0 Å². The molecule has 1 heterocycles. The fourth-order valence-electron chi connectivity index (χ4n) is 1.51. The molecule has 0 aliphatic carbocycles. The second-order valence-electron chi connectivity index (χ2n) is 3.44. The van der Waals surface area contributed by atoms with E-state index in [4.69, 9.17) is 5.11 Å². The molecule has 0 atom stereocenters. The first-order valence-corrected chi connectivity index (χ1v) is 4.70. The van der Waals surface area contributed by atoms with Gasteiger partial charge >= 0.3 is 11.7 Å². The quantitative estimate of drug-likeness (QED) is 0.794. The minimum Gasteiger partial charge on any atom is -0.478 e. The van der Waals surface area contributed by atoms with Crippen LogP contribution in [0.25, 0.3) is 5.69 Å². The molecule has 0 saturated carbocycles. The van der Waals surface area contributed by atoms with E-state index in [0.717, 1.165) is 5.56 Å². The fourth-order valence-corrected chi connectivity index (χ4v) is 1.51. The molecule has 0 aliphatic rings. The third-order valence-corrected chi connectivity index (χ3v) is 2.36. The number of aromatic amines is 1. The molecule has 2 aromatic rings. The molecule has 0 unspecified atom stereocenters. The lowest BCUT2D eigenvalue weighted by molar-refractivity contribution is 0.0697. The molecular weight excluding hydrogens is 208 g/mol. The lowest BCUT2D eigenvalue weighted by Crippen LogP contribution is -2.15. The minimum atomic E-state index is -1.01. The number of nitrogens with zero attached hydrogens (tertiary/aromatic N) is 1. The largest absolute Gasteiger partial charge is 0.478 e. The number of hydrogen-bond acceptors (Lipinski definition) is 2. The first-order valence-electron chi connectivity index (χ1n) is 4.70. The predicted molar refractivity (Wildman–Crippen MR) is 58.1 cm³/mol. The third kappa shape index (κ3) is 1.63. The number of H-pyrrole nitrogens is 1. The van der Waals surface area contributed by atoms with Crippen LogP contribution >= 0.6 is 0 Å². The van der Waals surface area contributed by atoms with Gasteiger partial charge in [0.15, 0.2) is 0 Å². The SMILES string of the molecule is Cc1ccc(C(=O)O)cc1-n1cc[nH]c1=O. The number of aryl methyl sites for hydroxylation is 1. The first-order chi connectivity index (χ1) is 7.59. The Morgan fingerprint density at radius 3 is 2.75 bits per heavy atom. The van der Waals surface area contributed by atoms with Crippen LogP contribution in [0.3, 0.4) is 0 Å². The highest BCUT2D eigenvalue weighted by Gasteiger charge is 2.08. The summed E-state index contributed by atoms with van der Waals surface area (Å²) >= 11 is 0. The highest BCUT2D eigenvalue weighted by atomic mass is 16.4. The molecule has 0 bridgehead atoms. The number of benzene rings is 1. The average molecular weight is 218 g/mol. The van der Waals surface area contributed by atoms with E-state index in [0.29, 0.717) is 5.69 Å². The molecule has 0 fully saturated rings. The van der Waals surface area contributed by atoms with Crippen molar-refractivity contribution in [1.29, 1.82) is 0 Å². The van der Waals surface area contributed by atoms with Crippen LogP contribution in [0.5, 0.6) is 0 Å². The van der Waals surface area contributed by atoms with Crippen molar-refractivity contribution in [3.8, 4) is 5.69 Å². The van der Waals surface area contributed by atoms with Gasteiger partial charge in [0.05, 0.1) is 11.3 Å². The van der Waals surface area contributed by atoms with Gasteiger partial charge < -0.3 is 10.1 Å². The van der Waals surface area contributed by atoms with Gasteiger partial charge in [-0.1, -0.05) is 6.07 Å². The Morgan fingerprint density at radius 2 is 2.19 bits per heavy atom. The van der Waals surface area contributed by atoms with Gasteiger partial charge in [-0.25, -0.2) is 9.59 Å². The van der Waals surface area contributed by atoms with Crippen LogP contribution in [-0.4, -0.2) is 20.6 Å². The summed E-state index contributed by atoms with van der Waals surface area (Å²) in [5.41, 5.74) is 1.29. The second kappa shape index (κ2) is 3.69. The van der Waals surface area contributed by atoms with Crippen LogP contribution in [0.4, 0.5) is 0 Å². The Morgan fingerprint density at radius 1 is 1.44 bits per heavy atom. The second-order valence-corrected chi connectivity index (χ2v) is 3.44. The first kappa shape index (κ1) is 10.2. The van der Waals surface area contributed by atoms with Crippen molar-refractivity contribution in [2.75, 3.05) is 0 Å². The maximum absolute atomic E-state index is 11.4. The number of imidazole rings is 1. The van der Waals surface area contributed by atoms with E-state index in [1.165, 1.54) is 22.9 Å². The smallest absolute Gasteiger partial charge is 0.335 e. The van der Waals surface area contributed by atoms with Gasteiger partial charge in [0.2, 0.25) is 0 Å². The Kier molecular flexibility index (Phi) is 2.36. The molecular formula is C11H10N2O3. The molecule has 2 N–H and O–H groups in total. The van der Waals surface area contributed by atoms with E-state index >= 15 is 0 Å². The number of carbonyl (C=O) groups is 1. The van der Waals surface area contributed by atoms with E-state index in [1.54, 1.807) is 12.3 Å². The number of carboxylic acid groups (broad SMARTS) is 1. The van der Waals surface area contributed by atoms with E-state index in [9.17, 15) is 9.59 Å². The van der Waals surface area contributed by atoms with E-state index in [1.807, 2.05) is 6.92 Å². The Labute approximate surface area is 91.0 Å². The molecule has 5 nitrogen and oxygen atoms in total. The molecule has 2 rings (SSSR count). The predicted octanol–water partition coefficient (Wildman–Crippen LogP) is 1.17. The van der Waals surface area contributed by atoms with Crippen molar-refractivity contribution >= 4 is 5.97 Å². The van der Waals surface area contributed by atoms with Crippen molar-refractivity contribution in [3.63, 3.8) is 0 Å². The third-order valence-electron chi connectivity index (χ3n) is 2.36. The lowest BCUT2D eigenvalue weighted by atomic mass is 10.1. The molecule has 0 saturated heterocycles. The molecule has 1 aromatic heterocycles. The van der Waals surface area contributed by atoms with Crippen molar-refractivity contribution in [2.24, 2.45) is 0 Å². The summed E-state index contributed by atoms with van der Waals surface area (Å²) in [6, 6.07) is 4.67. The van der Waals surface area contributed by atoms with Crippen LogP contribution < -0.4 is 5.69 Å². The summed E-state index contributed by atoms with van der Waals surface area (Å²) in [6.07, 6.45) is 3.07. The molecule has 1 aromatic carbocycles. The summed E-state index contributed by atoms with van der Waals surface area (Å²) in [7, 11) is 0. The molecule has 5 heteroatoms. The number of rotatable bonds is 2. The average Bonchev–Trinajstić information content (AvgIpc) is 2.65. The van der Waals surface area contributed by atoms with Crippen molar-refractivity contribution in [1.82, 2.24) is 9.55 Å². The summed E-state index contributed by atoms with van der Waals surface area (Å²) < 4.78 is 1.38. The molecule has 0 aliphatic heterocycles. The maximum Gasteiger partial charge on any atom is 0.335 e. The van der Waals surface area contributed by atoms with E-state index in [-0.39, 0.29) is 11.3 Å². The van der Waals surface area contributed by atoms with Gasteiger partial charge in [-0.15, -0.1) is 0 Å². The number of carboxylic acids is 1. The zero-order valence-corrected chi connectivity index (χ0v) is 8.60. The minimum absolute atomic E-state index is 0.161. The molecule has 16 heavy (non-hydrogen) atoms. The topological polar surface area (TPSA) is 75.1 Å². The molecule has 82 valence electrons. The number of aromatic carboxylic acids is 1. The van der Waals surface area contributed by atoms with Gasteiger partial charge in [0.1, 0.15) is 0 Å². The summed E-state index contributed by atoms with van der Waals surface area (Å²) in [4.78, 5) is 24.7. The number of hydrogen-bond donors (Lipinski definition) is 2. The van der Waals surface area contributed by atoms with Crippen molar-refractivity contribution in [3.05, 3.63) is 52.2 Å². The zero-order chi connectivity index (χ0) is 11.7. The van der Waals surface area contributed by atoms with Gasteiger partial charge in [0.25, 0.3) is 0 Å². The maximum atomic E-state index is 11.4. The van der Waals surface area contributed by atoms with E-state index in [2.05, 4.69) is 4.98 Å². The van der Waals surface area contributed by atoms with Gasteiger partial charge in [-0.2, -0.15) is 0 Å². The normalized spacial score (nSPS) is 10.3. The van der Waals surface area contributed by atoms with Crippen molar-refractivity contribution < 1.29 is 9.90 Å². The van der Waals surface area contributed by atoms with Gasteiger partial charge in [-0.3, -0.25) is 4.57 Å². The zero-order valence-electron chi connectivity index (χ0n) is 8.60. The van der Waals surface area contributed by atoms with Crippen LogP contribution in [0.1, 0.15) is 15.9 Å². The molecule has 0 radical (unpaired) electrons. The molecule has 0 amide bonds. The van der Waals surface area contributed by atoms with E-state index < -0.39 is 5.97 Å². The Bertz CT molecular complexity index is 595. The molecule has 0 spiro atoms. The summed E-state index contributed by atoms with van der Waals surface area (Å²) in [6.45, 7) is 1.82. The lowest BCUT2D eigenvalue weighted by Gasteiger charge is -2.06. The fraction of sp³-hybridized carbons (Fsp3) is 0.0909. The standard InChI is InChI=1S/C11H10N2O3/c1-7-2-3-8(10(14)15)6-9(7)13-5-4-12-11(13)16/h2-6H,1H3,(H,12,16)(H,14,15). The van der Waals surface area contributed by atoms with Gasteiger partial charge in [-0.05, 0) is 24.6 Å². The summed E-state index contributed by atoms with van der Waals surface area (Å²) in [5, 5.41) is 8.87. The highest BCUT2D eigenvalue weighted by Crippen LogP contribution is 2.14. The highest BCUT2D eigenvalue weighted by molar-refractivity contribution is 5.88. The monoisotopic (exact) mass is 218 g/mol. The van der Waals surface area contributed by atoms with Gasteiger partial charge in [0, 0.05) is 12.4 Å². The summed E-state index contributed by atoms with van der Waals surface area (Å²) in [5.74, 6) is -1.01. The van der Waals surface area contributed by atoms with Crippen LogP contribution in [0, 0.1) is 6.92 Å². The Balaban J connectivity index is 2.65.